The molecule has 5 rings (SSSR count). The lowest BCUT2D eigenvalue weighted by Gasteiger charge is -2.13. The number of ether oxygens (including phenoxy) is 3. The Bertz CT molecular complexity index is 1750. The number of rotatable bonds is 10. The van der Waals surface area contributed by atoms with Crippen LogP contribution in [0.15, 0.2) is 66.9 Å². The van der Waals surface area contributed by atoms with Gasteiger partial charge in [-0.3, -0.25) is 0 Å². The maximum absolute atomic E-state index is 15.5. The first kappa shape index (κ1) is 29.1. The fourth-order valence-corrected chi connectivity index (χ4v) is 4.79. The summed E-state index contributed by atoms with van der Waals surface area (Å²) < 4.78 is 62.8. The smallest absolute Gasteiger partial charge is 0.337 e. The van der Waals surface area contributed by atoms with Gasteiger partial charge in [-0.05, 0) is 66.2 Å². The molecule has 0 bridgehead atoms. The van der Waals surface area contributed by atoms with Gasteiger partial charge in [0.2, 0.25) is 5.88 Å². The highest BCUT2D eigenvalue weighted by Gasteiger charge is 2.20. The van der Waals surface area contributed by atoms with E-state index in [0.29, 0.717) is 46.2 Å². The van der Waals surface area contributed by atoms with Crippen LogP contribution in [-0.4, -0.2) is 41.3 Å². The van der Waals surface area contributed by atoms with Gasteiger partial charge in [0.05, 0.1) is 30.3 Å². The fourth-order valence-electron chi connectivity index (χ4n) is 4.60. The predicted octanol–water partition coefficient (Wildman–Crippen LogP) is 6.77. The lowest BCUT2D eigenvalue weighted by atomic mass is 10.0. The predicted molar refractivity (Wildman–Crippen MR) is 151 cm³/mol. The van der Waals surface area contributed by atoms with E-state index in [1.807, 2.05) is 0 Å². The summed E-state index contributed by atoms with van der Waals surface area (Å²) in [6, 6.07) is 14.5. The van der Waals surface area contributed by atoms with Crippen molar-refractivity contribution in [2.24, 2.45) is 0 Å². The highest BCUT2D eigenvalue weighted by Crippen LogP contribution is 2.32. The number of pyridine rings is 1. The molecule has 7 nitrogen and oxygen atoms in total. The fraction of sp³-hybridized carbons (Fsp3) is 0.194. The van der Waals surface area contributed by atoms with Crippen LogP contribution in [0.4, 0.5) is 13.2 Å². The molecule has 2 aromatic heterocycles. The Labute approximate surface area is 244 Å². The monoisotopic (exact) mass is 595 g/mol. The number of halogens is 4. The summed E-state index contributed by atoms with van der Waals surface area (Å²) in [5, 5.41) is 0.343. The topological polar surface area (TPSA) is 75.5 Å². The molecule has 0 radical (unpaired) electrons. The van der Waals surface area contributed by atoms with Crippen LogP contribution in [0.1, 0.15) is 27.3 Å². The summed E-state index contributed by atoms with van der Waals surface area (Å²) in [6.07, 6.45) is 1.30. The van der Waals surface area contributed by atoms with Crippen molar-refractivity contribution >= 4 is 28.6 Å². The standard InChI is InChI=1S/C31H25ClF3N3O4/c1-40-11-10-38-28-15-18(31(39)41-2)5-8-27(28)37-29(38)16-23-25(34)13-19(14-26(23)35)22-4-3-9-36-30(22)42-17-20-12-21(32)6-7-24(20)33/h3-9,12-15H,10-11,16-17H2,1-2H3. The van der Waals surface area contributed by atoms with Gasteiger partial charge in [-0.25, -0.2) is 27.9 Å². The second-order valence-corrected chi connectivity index (χ2v) is 9.78. The molecule has 0 amide bonds. The van der Waals surface area contributed by atoms with E-state index >= 15 is 8.78 Å². The van der Waals surface area contributed by atoms with Crippen molar-refractivity contribution in [3.63, 3.8) is 0 Å². The van der Waals surface area contributed by atoms with Gasteiger partial charge in [-0.2, -0.15) is 0 Å². The molecular formula is C31H25ClF3N3O4. The number of nitrogens with zero attached hydrogens (tertiary/aromatic N) is 3. The number of hydrogen-bond donors (Lipinski definition) is 0. The maximum Gasteiger partial charge on any atom is 0.337 e. The molecule has 2 heterocycles. The molecule has 0 spiro atoms. The van der Waals surface area contributed by atoms with E-state index in [1.165, 1.54) is 43.6 Å². The summed E-state index contributed by atoms with van der Waals surface area (Å²) in [5.74, 6) is -2.13. The molecule has 0 aliphatic heterocycles. The van der Waals surface area contributed by atoms with Crippen LogP contribution in [-0.2, 0) is 29.0 Å². The number of fused-ring (bicyclic) bond motifs is 1. The number of imidazole rings is 1. The average molecular weight is 596 g/mol. The summed E-state index contributed by atoms with van der Waals surface area (Å²) in [6.45, 7) is 0.473. The molecule has 3 aromatic carbocycles. The summed E-state index contributed by atoms with van der Waals surface area (Å²) in [4.78, 5) is 20.8. The van der Waals surface area contributed by atoms with E-state index < -0.39 is 23.4 Å². The molecule has 0 unspecified atom stereocenters. The summed E-state index contributed by atoms with van der Waals surface area (Å²) >= 11 is 5.96. The van der Waals surface area contributed by atoms with Crippen LogP contribution in [0.25, 0.3) is 22.2 Å². The zero-order valence-electron chi connectivity index (χ0n) is 22.7. The minimum absolute atomic E-state index is 0.0752. The van der Waals surface area contributed by atoms with Crippen molar-refractivity contribution in [2.45, 2.75) is 19.6 Å². The molecule has 0 fully saturated rings. The van der Waals surface area contributed by atoms with Crippen LogP contribution in [0.2, 0.25) is 5.02 Å². The SMILES string of the molecule is COCCn1c(Cc2c(F)cc(-c3cccnc3OCc3cc(Cl)ccc3F)cc2F)nc2ccc(C(=O)OC)cc21. The Balaban J connectivity index is 1.46. The number of methoxy groups -OCH3 is 2. The zero-order valence-corrected chi connectivity index (χ0v) is 23.4. The van der Waals surface area contributed by atoms with E-state index in [0.717, 1.165) is 0 Å². The van der Waals surface area contributed by atoms with E-state index in [2.05, 4.69) is 9.97 Å². The van der Waals surface area contributed by atoms with Gasteiger partial charge in [0.25, 0.3) is 0 Å². The van der Waals surface area contributed by atoms with Gasteiger partial charge < -0.3 is 18.8 Å². The first-order chi connectivity index (χ1) is 20.3. The number of carbonyl (C=O) groups excluding carboxylic acids is 1. The van der Waals surface area contributed by atoms with Crippen molar-refractivity contribution in [3.05, 3.63) is 112 Å². The number of carbonyl (C=O) groups is 1. The van der Waals surface area contributed by atoms with Crippen molar-refractivity contribution < 1.29 is 32.2 Å². The molecule has 42 heavy (non-hydrogen) atoms. The van der Waals surface area contributed by atoms with Crippen LogP contribution >= 0.6 is 11.6 Å². The summed E-state index contributed by atoms with van der Waals surface area (Å²) in [7, 11) is 2.83. The molecule has 216 valence electrons. The van der Waals surface area contributed by atoms with Crippen molar-refractivity contribution in [1.29, 1.82) is 0 Å². The quantitative estimate of drug-likeness (QED) is 0.166. The van der Waals surface area contributed by atoms with Gasteiger partial charge >= 0.3 is 5.97 Å². The molecule has 0 aliphatic carbocycles. The minimum atomic E-state index is -0.790. The minimum Gasteiger partial charge on any atom is -0.472 e. The third-order valence-electron chi connectivity index (χ3n) is 6.70. The molecule has 5 aromatic rings. The van der Waals surface area contributed by atoms with Gasteiger partial charge in [0.15, 0.2) is 0 Å². The molecular weight excluding hydrogens is 571 g/mol. The Morgan fingerprint density at radius 3 is 2.50 bits per heavy atom. The average Bonchev–Trinajstić information content (AvgIpc) is 3.34. The van der Waals surface area contributed by atoms with Crippen LogP contribution in [0.5, 0.6) is 5.88 Å². The van der Waals surface area contributed by atoms with Gasteiger partial charge in [0, 0.05) is 48.0 Å². The number of benzene rings is 3. The van der Waals surface area contributed by atoms with Crippen molar-refractivity contribution in [3.8, 4) is 17.0 Å². The molecule has 11 heteroatoms. The Hall–Kier alpha value is -4.41. The molecule has 0 saturated carbocycles. The van der Waals surface area contributed by atoms with E-state index in [4.69, 9.17) is 25.8 Å². The Morgan fingerprint density at radius 2 is 1.76 bits per heavy atom. The highest BCUT2D eigenvalue weighted by molar-refractivity contribution is 6.30. The molecule has 0 atom stereocenters. The van der Waals surface area contributed by atoms with Crippen LogP contribution < -0.4 is 4.74 Å². The van der Waals surface area contributed by atoms with Gasteiger partial charge in [-0.1, -0.05) is 11.6 Å². The first-order valence-electron chi connectivity index (χ1n) is 12.9. The van der Waals surface area contributed by atoms with E-state index in [-0.39, 0.29) is 35.6 Å². The normalized spacial score (nSPS) is 11.2. The highest BCUT2D eigenvalue weighted by atomic mass is 35.5. The number of esters is 1. The second-order valence-electron chi connectivity index (χ2n) is 9.34. The lowest BCUT2D eigenvalue weighted by molar-refractivity contribution is 0.0601. The third-order valence-corrected chi connectivity index (χ3v) is 6.93. The van der Waals surface area contributed by atoms with E-state index in [9.17, 15) is 9.18 Å². The van der Waals surface area contributed by atoms with Gasteiger partial charge in [0.1, 0.15) is 29.9 Å². The van der Waals surface area contributed by atoms with Crippen molar-refractivity contribution in [1.82, 2.24) is 14.5 Å². The van der Waals surface area contributed by atoms with Crippen LogP contribution in [0.3, 0.4) is 0 Å². The molecule has 0 aliphatic rings. The second kappa shape index (κ2) is 12.6. The third kappa shape index (κ3) is 6.09. The Kier molecular flexibility index (Phi) is 8.75. The Morgan fingerprint density at radius 1 is 0.976 bits per heavy atom. The zero-order chi connectivity index (χ0) is 29.8. The maximum atomic E-state index is 15.5. The number of aromatic nitrogens is 3. The molecule has 0 N–H and O–H groups in total. The van der Waals surface area contributed by atoms with Crippen LogP contribution in [0, 0.1) is 17.5 Å². The van der Waals surface area contributed by atoms with Gasteiger partial charge in [-0.15, -0.1) is 0 Å². The van der Waals surface area contributed by atoms with E-state index in [1.54, 1.807) is 42.0 Å². The number of hydrogen-bond acceptors (Lipinski definition) is 6. The summed E-state index contributed by atoms with van der Waals surface area (Å²) in [5.41, 5.74) is 2.03. The first-order valence-corrected chi connectivity index (χ1v) is 13.2. The molecule has 0 saturated heterocycles. The largest absolute Gasteiger partial charge is 0.472 e. The van der Waals surface area contributed by atoms with Crippen molar-refractivity contribution in [2.75, 3.05) is 20.8 Å². The lowest BCUT2D eigenvalue weighted by Crippen LogP contribution is -2.11.